The third kappa shape index (κ3) is 2.22. The molecule has 0 heterocycles. The first-order chi connectivity index (χ1) is 6.60. The number of hydrogen-bond donors (Lipinski definition) is 3. The number of benzene rings is 1. The van der Waals surface area contributed by atoms with E-state index in [1.54, 1.807) is 20.0 Å². The van der Waals surface area contributed by atoms with Gasteiger partial charge in [0, 0.05) is 10.6 Å². The molecule has 0 fully saturated rings. The van der Waals surface area contributed by atoms with Crippen LogP contribution in [0.1, 0.15) is 17.3 Å². The molecule has 1 aromatic rings. The molecule has 4 N–H and O–H groups in total. The van der Waals surface area contributed by atoms with Crippen LogP contribution in [0.15, 0.2) is 12.1 Å². The smallest absolute Gasteiger partial charge is 0.126 e. The van der Waals surface area contributed by atoms with Gasteiger partial charge in [-0.3, -0.25) is 5.84 Å². The van der Waals surface area contributed by atoms with Gasteiger partial charge in [-0.15, -0.1) is 0 Å². The third-order valence-corrected chi connectivity index (χ3v) is 2.37. The summed E-state index contributed by atoms with van der Waals surface area (Å²) in [5.41, 5.74) is 3.61. The van der Waals surface area contributed by atoms with Crippen molar-refractivity contribution < 1.29 is 4.39 Å². The molecule has 1 atom stereocenters. The molecule has 5 heteroatoms. The van der Waals surface area contributed by atoms with Gasteiger partial charge in [0.05, 0.1) is 6.17 Å². The lowest BCUT2D eigenvalue weighted by Crippen LogP contribution is -2.36. The second kappa shape index (κ2) is 4.70. The Bertz CT molecular complexity index is 326. The van der Waals surface area contributed by atoms with E-state index in [1.165, 1.54) is 6.07 Å². The third-order valence-electron chi connectivity index (χ3n) is 2.04. The number of aryl methyl sites for hydroxylation is 1. The summed E-state index contributed by atoms with van der Waals surface area (Å²) in [7, 11) is 1.71. The molecule has 0 saturated carbocycles. The Morgan fingerprint density at radius 1 is 1.50 bits per heavy atom. The summed E-state index contributed by atoms with van der Waals surface area (Å²) >= 11 is 5.95. The maximum atomic E-state index is 13.2. The van der Waals surface area contributed by atoms with Gasteiger partial charge in [-0.05, 0) is 31.7 Å². The van der Waals surface area contributed by atoms with Gasteiger partial charge in [0.25, 0.3) is 0 Å². The number of hydrogen-bond acceptors (Lipinski definition) is 3. The van der Waals surface area contributed by atoms with Crippen LogP contribution in [0, 0.1) is 12.7 Å². The van der Waals surface area contributed by atoms with Crippen molar-refractivity contribution in [1.82, 2.24) is 10.7 Å². The number of nitrogens with one attached hydrogen (secondary N) is 2. The van der Waals surface area contributed by atoms with Gasteiger partial charge < -0.3 is 5.32 Å². The molecule has 0 spiro atoms. The zero-order chi connectivity index (χ0) is 10.7. The van der Waals surface area contributed by atoms with Crippen molar-refractivity contribution in [2.45, 2.75) is 13.1 Å². The van der Waals surface area contributed by atoms with Gasteiger partial charge in [0.1, 0.15) is 5.82 Å². The average molecular weight is 218 g/mol. The molecule has 0 aromatic heterocycles. The second-order valence-electron chi connectivity index (χ2n) is 3.01. The molecule has 1 aromatic carbocycles. The van der Waals surface area contributed by atoms with Crippen LogP contribution < -0.4 is 16.6 Å². The molecule has 1 rings (SSSR count). The van der Waals surface area contributed by atoms with E-state index < -0.39 is 0 Å². The van der Waals surface area contributed by atoms with Gasteiger partial charge in [-0.25, -0.2) is 9.82 Å². The highest BCUT2D eigenvalue weighted by molar-refractivity contribution is 6.31. The highest BCUT2D eigenvalue weighted by Crippen LogP contribution is 2.24. The first kappa shape index (κ1) is 11.4. The maximum absolute atomic E-state index is 13.2. The average Bonchev–Trinajstić information content (AvgIpc) is 2.15. The Balaban J connectivity index is 3.14. The summed E-state index contributed by atoms with van der Waals surface area (Å²) in [5, 5.41) is 3.36. The largest absolute Gasteiger partial charge is 0.300 e. The summed E-state index contributed by atoms with van der Waals surface area (Å²) in [6.45, 7) is 1.66. The van der Waals surface area contributed by atoms with Gasteiger partial charge in [0.2, 0.25) is 0 Å². The Morgan fingerprint density at radius 3 is 2.64 bits per heavy atom. The van der Waals surface area contributed by atoms with Crippen LogP contribution in [0.2, 0.25) is 5.02 Å². The molecule has 3 nitrogen and oxygen atoms in total. The van der Waals surface area contributed by atoms with Gasteiger partial charge in [-0.2, -0.15) is 0 Å². The van der Waals surface area contributed by atoms with Crippen molar-refractivity contribution >= 4 is 11.6 Å². The van der Waals surface area contributed by atoms with E-state index in [0.717, 1.165) is 0 Å². The van der Waals surface area contributed by atoms with E-state index in [0.29, 0.717) is 16.1 Å². The highest BCUT2D eigenvalue weighted by atomic mass is 35.5. The first-order valence-corrected chi connectivity index (χ1v) is 4.57. The van der Waals surface area contributed by atoms with Crippen molar-refractivity contribution in [2.75, 3.05) is 7.05 Å². The number of halogens is 2. The Hall–Kier alpha value is -0.680. The minimum Gasteiger partial charge on any atom is -0.300 e. The molecular formula is C9H13ClFN3. The maximum Gasteiger partial charge on any atom is 0.126 e. The summed E-state index contributed by atoms with van der Waals surface area (Å²) in [4.78, 5) is 0. The van der Waals surface area contributed by atoms with Crippen LogP contribution in [0.5, 0.6) is 0 Å². The molecule has 0 bridgehead atoms. The van der Waals surface area contributed by atoms with Gasteiger partial charge >= 0.3 is 0 Å². The summed E-state index contributed by atoms with van der Waals surface area (Å²) in [6, 6.07) is 2.95. The quantitative estimate of drug-likeness (QED) is 0.408. The zero-order valence-electron chi connectivity index (χ0n) is 8.07. The first-order valence-electron chi connectivity index (χ1n) is 4.19. The monoisotopic (exact) mass is 217 g/mol. The van der Waals surface area contributed by atoms with Crippen LogP contribution in [-0.4, -0.2) is 7.05 Å². The number of hydrazine groups is 1. The molecule has 0 radical (unpaired) electrons. The van der Waals surface area contributed by atoms with Crippen LogP contribution >= 0.6 is 11.6 Å². The van der Waals surface area contributed by atoms with Crippen molar-refractivity contribution in [3.8, 4) is 0 Å². The van der Waals surface area contributed by atoms with Crippen LogP contribution in [-0.2, 0) is 0 Å². The van der Waals surface area contributed by atoms with Crippen LogP contribution in [0.25, 0.3) is 0 Å². The normalized spacial score (nSPS) is 12.9. The van der Waals surface area contributed by atoms with E-state index in [2.05, 4.69) is 10.7 Å². The Labute approximate surface area is 87.4 Å². The molecule has 78 valence electrons. The number of nitrogens with two attached hydrogens (primary N) is 1. The van der Waals surface area contributed by atoms with E-state index in [4.69, 9.17) is 17.4 Å². The lowest BCUT2D eigenvalue weighted by Gasteiger charge is -2.17. The minimum atomic E-state index is -0.349. The fourth-order valence-corrected chi connectivity index (χ4v) is 1.54. The topological polar surface area (TPSA) is 50.1 Å². The molecule has 0 aliphatic carbocycles. The van der Waals surface area contributed by atoms with Crippen molar-refractivity contribution in [3.05, 3.63) is 34.1 Å². The molecule has 0 aliphatic rings. The lowest BCUT2D eigenvalue weighted by molar-refractivity contribution is 0.485. The summed E-state index contributed by atoms with van der Waals surface area (Å²) in [5.74, 6) is 4.99. The number of rotatable bonds is 3. The fourth-order valence-electron chi connectivity index (χ4n) is 1.21. The molecule has 0 amide bonds. The van der Waals surface area contributed by atoms with Gasteiger partial charge in [-0.1, -0.05) is 11.6 Å². The predicted octanol–water partition coefficient (Wildman–Crippen LogP) is 1.47. The van der Waals surface area contributed by atoms with E-state index >= 15 is 0 Å². The zero-order valence-corrected chi connectivity index (χ0v) is 8.82. The predicted molar refractivity (Wildman–Crippen MR) is 55.3 cm³/mol. The molecular weight excluding hydrogens is 205 g/mol. The molecule has 1 unspecified atom stereocenters. The van der Waals surface area contributed by atoms with Crippen LogP contribution in [0.4, 0.5) is 4.39 Å². The summed E-state index contributed by atoms with van der Waals surface area (Å²) in [6.07, 6.45) is -0.349. The second-order valence-corrected chi connectivity index (χ2v) is 3.42. The summed E-state index contributed by atoms with van der Waals surface area (Å²) < 4.78 is 13.2. The van der Waals surface area contributed by atoms with Gasteiger partial charge in [0.15, 0.2) is 0 Å². The fraction of sp³-hybridized carbons (Fsp3) is 0.333. The molecule has 0 saturated heterocycles. The van der Waals surface area contributed by atoms with E-state index in [1.807, 2.05) is 0 Å². The molecule has 0 aliphatic heterocycles. The minimum absolute atomic E-state index is 0.292. The van der Waals surface area contributed by atoms with Crippen molar-refractivity contribution in [1.29, 1.82) is 0 Å². The molecule has 14 heavy (non-hydrogen) atoms. The van der Waals surface area contributed by atoms with E-state index in [9.17, 15) is 4.39 Å². The van der Waals surface area contributed by atoms with Crippen LogP contribution in [0.3, 0.4) is 0 Å². The highest BCUT2D eigenvalue weighted by Gasteiger charge is 2.13. The lowest BCUT2D eigenvalue weighted by atomic mass is 10.1. The van der Waals surface area contributed by atoms with E-state index in [-0.39, 0.29) is 12.0 Å². The Kier molecular flexibility index (Phi) is 3.83. The standard InChI is InChI=1S/C9H13ClFN3/c1-5-3-7(10)6(4-8(5)11)9(13-2)14-12/h3-4,9,13-14H,12H2,1-2H3. The van der Waals surface area contributed by atoms with Crippen molar-refractivity contribution in [2.24, 2.45) is 5.84 Å². The SMILES string of the molecule is CNC(NN)c1cc(F)c(C)cc1Cl. The Morgan fingerprint density at radius 2 is 2.14 bits per heavy atom. The van der Waals surface area contributed by atoms with Crippen molar-refractivity contribution in [3.63, 3.8) is 0 Å².